The van der Waals surface area contributed by atoms with Gasteiger partial charge in [-0.25, -0.2) is 13.4 Å². The van der Waals surface area contributed by atoms with Gasteiger partial charge in [-0.3, -0.25) is 0 Å². The standard InChI is InChI=1S/C7H11NS.C6H13NO2S.2CH4/c1-5(2)7-4-9-6(3)8-7;1-6(2)7-4-3-5-10(7,8)9;;/h4-5H,1-3H3;6H,3-5H2,1-2H3;2*1H4. The van der Waals surface area contributed by atoms with Gasteiger partial charge < -0.3 is 0 Å². The lowest BCUT2D eigenvalue weighted by Gasteiger charge is -2.17. The third kappa shape index (κ3) is 6.89. The zero-order valence-electron chi connectivity index (χ0n) is 12.4. The Morgan fingerprint density at radius 1 is 1.24 bits per heavy atom. The molecule has 126 valence electrons. The molecule has 0 saturated carbocycles. The SMILES string of the molecule is C.C.CC(C)N1CCCS1(=O)=O.Cc1nc(C(C)C)cs1. The lowest BCUT2D eigenvalue weighted by Crippen LogP contribution is -2.32. The first-order valence-corrected chi connectivity index (χ1v) is 9.14. The second-order valence-electron chi connectivity index (χ2n) is 5.32. The van der Waals surface area contributed by atoms with Crippen molar-refractivity contribution < 1.29 is 8.42 Å². The summed E-state index contributed by atoms with van der Waals surface area (Å²) in [5.74, 6) is 0.917. The summed E-state index contributed by atoms with van der Waals surface area (Å²) >= 11 is 1.72. The van der Waals surface area contributed by atoms with E-state index in [1.807, 2.05) is 20.8 Å². The topological polar surface area (TPSA) is 50.3 Å². The van der Waals surface area contributed by atoms with Crippen molar-refractivity contribution in [2.45, 2.75) is 67.9 Å². The van der Waals surface area contributed by atoms with E-state index in [1.54, 1.807) is 15.6 Å². The van der Waals surface area contributed by atoms with Crippen molar-refractivity contribution in [2.75, 3.05) is 12.3 Å². The maximum absolute atomic E-state index is 11.1. The smallest absolute Gasteiger partial charge is 0.214 e. The number of sulfonamides is 1. The van der Waals surface area contributed by atoms with E-state index in [4.69, 9.17) is 0 Å². The van der Waals surface area contributed by atoms with Gasteiger partial charge in [0.25, 0.3) is 0 Å². The second-order valence-corrected chi connectivity index (χ2v) is 8.42. The normalized spacial score (nSPS) is 16.9. The van der Waals surface area contributed by atoms with Crippen LogP contribution in [0.2, 0.25) is 0 Å². The molecule has 0 spiro atoms. The van der Waals surface area contributed by atoms with E-state index in [0.717, 1.165) is 6.42 Å². The first-order valence-electron chi connectivity index (χ1n) is 6.65. The van der Waals surface area contributed by atoms with Crippen LogP contribution < -0.4 is 0 Å². The lowest BCUT2D eigenvalue weighted by atomic mass is 10.2. The molecular formula is C15H32N2O2S2. The number of rotatable bonds is 2. The van der Waals surface area contributed by atoms with Gasteiger partial charge in [0.05, 0.1) is 16.5 Å². The molecule has 6 heteroatoms. The Morgan fingerprint density at radius 3 is 2.00 bits per heavy atom. The molecule has 0 aromatic carbocycles. The van der Waals surface area contributed by atoms with Gasteiger partial charge in [-0.2, -0.15) is 4.31 Å². The minimum absolute atomic E-state index is 0. The van der Waals surface area contributed by atoms with Crippen molar-refractivity contribution in [1.82, 2.24) is 9.29 Å². The highest BCUT2D eigenvalue weighted by Crippen LogP contribution is 2.16. The molecule has 4 nitrogen and oxygen atoms in total. The summed E-state index contributed by atoms with van der Waals surface area (Å²) in [6.07, 6.45) is 0.792. The Kier molecular flexibility index (Phi) is 10.4. The van der Waals surface area contributed by atoms with E-state index in [-0.39, 0.29) is 20.9 Å². The third-order valence-electron chi connectivity index (χ3n) is 2.94. The maximum Gasteiger partial charge on any atom is 0.214 e. The molecule has 0 atom stereocenters. The molecule has 1 aromatic rings. The number of aryl methyl sites for hydroxylation is 1. The summed E-state index contributed by atoms with van der Waals surface area (Å²) in [6.45, 7) is 10.9. The van der Waals surface area contributed by atoms with Crippen LogP contribution in [0.4, 0.5) is 0 Å². The Labute approximate surface area is 135 Å². The largest absolute Gasteiger partial charge is 0.246 e. The van der Waals surface area contributed by atoms with Gasteiger partial charge in [0, 0.05) is 18.0 Å². The Bertz CT molecular complexity index is 494. The van der Waals surface area contributed by atoms with Gasteiger partial charge in [0.1, 0.15) is 0 Å². The number of thiazole rings is 1. The molecule has 2 heterocycles. The Morgan fingerprint density at radius 2 is 1.81 bits per heavy atom. The van der Waals surface area contributed by atoms with Crippen LogP contribution in [-0.4, -0.2) is 36.0 Å². The van der Waals surface area contributed by atoms with Crippen LogP contribution in [0.15, 0.2) is 5.38 Å². The fourth-order valence-corrected chi connectivity index (χ4v) is 4.44. The molecule has 1 aliphatic heterocycles. The van der Waals surface area contributed by atoms with E-state index in [0.29, 0.717) is 18.2 Å². The van der Waals surface area contributed by atoms with Crippen molar-refractivity contribution in [1.29, 1.82) is 0 Å². The molecule has 1 aromatic heterocycles. The molecule has 0 bridgehead atoms. The molecule has 1 saturated heterocycles. The summed E-state index contributed by atoms with van der Waals surface area (Å²) in [4.78, 5) is 4.33. The molecule has 1 fully saturated rings. The molecule has 0 N–H and O–H groups in total. The van der Waals surface area contributed by atoms with Crippen LogP contribution in [0.25, 0.3) is 0 Å². The van der Waals surface area contributed by atoms with E-state index in [2.05, 4.69) is 24.2 Å². The summed E-state index contributed by atoms with van der Waals surface area (Å²) in [7, 11) is -2.85. The zero-order chi connectivity index (χ0) is 14.6. The second kappa shape index (κ2) is 9.54. The number of nitrogens with zero attached hydrogens (tertiary/aromatic N) is 2. The molecule has 0 unspecified atom stereocenters. The Hall–Kier alpha value is -0.460. The van der Waals surface area contributed by atoms with E-state index in [9.17, 15) is 8.42 Å². The summed E-state index contributed by atoms with van der Waals surface area (Å²) < 4.78 is 23.8. The van der Waals surface area contributed by atoms with Crippen LogP contribution >= 0.6 is 11.3 Å². The first kappa shape index (κ1) is 22.8. The van der Waals surface area contributed by atoms with E-state index < -0.39 is 10.0 Å². The molecule has 1 aliphatic rings. The van der Waals surface area contributed by atoms with E-state index >= 15 is 0 Å². The van der Waals surface area contributed by atoms with Crippen molar-refractivity contribution in [3.63, 3.8) is 0 Å². The molecular weight excluding hydrogens is 304 g/mol. The average Bonchev–Trinajstić information content (AvgIpc) is 2.84. The van der Waals surface area contributed by atoms with Gasteiger partial charge in [-0.15, -0.1) is 11.3 Å². The van der Waals surface area contributed by atoms with Gasteiger partial charge in [0.15, 0.2) is 0 Å². The van der Waals surface area contributed by atoms with Crippen molar-refractivity contribution in [3.05, 3.63) is 16.1 Å². The lowest BCUT2D eigenvalue weighted by molar-refractivity contribution is 0.381. The highest BCUT2D eigenvalue weighted by molar-refractivity contribution is 7.89. The highest BCUT2D eigenvalue weighted by atomic mass is 32.2. The Balaban J connectivity index is 0. The third-order valence-corrected chi connectivity index (χ3v) is 5.86. The van der Waals surface area contributed by atoms with Gasteiger partial charge in [0.2, 0.25) is 10.0 Å². The quantitative estimate of drug-likeness (QED) is 0.810. The predicted molar refractivity (Wildman–Crippen MR) is 94.6 cm³/mol. The zero-order valence-corrected chi connectivity index (χ0v) is 14.0. The summed E-state index contributed by atoms with van der Waals surface area (Å²) in [5.41, 5.74) is 1.22. The fraction of sp³-hybridized carbons (Fsp3) is 0.800. The van der Waals surface area contributed by atoms with Crippen LogP contribution in [0.5, 0.6) is 0 Å². The monoisotopic (exact) mass is 336 g/mol. The minimum Gasteiger partial charge on any atom is -0.246 e. The van der Waals surface area contributed by atoms with Gasteiger partial charge >= 0.3 is 0 Å². The van der Waals surface area contributed by atoms with Crippen molar-refractivity contribution in [2.24, 2.45) is 0 Å². The van der Waals surface area contributed by atoms with Crippen LogP contribution in [0, 0.1) is 6.92 Å². The van der Waals surface area contributed by atoms with Crippen LogP contribution in [-0.2, 0) is 10.0 Å². The maximum atomic E-state index is 11.1. The summed E-state index contributed by atoms with van der Waals surface area (Å²) in [5, 5.41) is 3.29. The predicted octanol–water partition coefficient (Wildman–Crippen LogP) is 4.28. The van der Waals surface area contributed by atoms with Gasteiger partial charge in [-0.05, 0) is 33.1 Å². The van der Waals surface area contributed by atoms with Gasteiger partial charge in [-0.1, -0.05) is 28.7 Å². The molecule has 0 aliphatic carbocycles. The average molecular weight is 337 g/mol. The number of aromatic nitrogens is 1. The van der Waals surface area contributed by atoms with Crippen molar-refractivity contribution >= 4 is 21.4 Å². The molecule has 0 amide bonds. The van der Waals surface area contributed by atoms with Crippen molar-refractivity contribution in [3.8, 4) is 0 Å². The molecule has 2 rings (SSSR count). The summed E-state index contributed by atoms with van der Waals surface area (Å²) in [6, 6.07) is 0.132. The number of hydrogen-bond acceptors (Lipinski definition) is 4. The minimum atomic E-state index is -2.85. The fourth-order valence-electron chi connectivity index (χ4n) is 1.88. The van der Waals surface area contributed by atoms with E-state index in [1.165, 1.54) is 10.7 Å². The number of hydrogen-bond donors (Lipinski definition) is 0. The highest BCUT2D eigenvalue weighted by Gasteiger charge is 2.29. The van der Waals surface area contributed by atoms with Crippen LogP contribution in [0.3, 0.4) is 0 Å². The first-order chi connectivity index (χ1) is 8.74. The molecule has 0 radical (unpaired) electrons. The van der Waals surface area contributed by atoms with Crippen LogP contribution in [0.1, 0.15) is 65.6 Å². The molecule has 21 heavy (non-hydrogen) atoms.